The molecule has 4 nitrogen and oxygen atoms in total. The second-order valence-electron chi connectivity index (χ2n) is 4.14. The van der Waals surface area contributed by atoms with Gasteiger partial charge in [0.05, 0.1) is 6.61 Å². The van der Waals surface area contributed by atoms with E-state index in [1.807, 2.05) is 0 Å². The number of nitrogens with one attached hydrogen (secondary N) is 1. The Balaban J connectivity index is 2.40. The van der Waals surface area contributed by atoms with Crippen LogP contribution in [0.25, 0.3) is 0 Å². The van der Waals surface area contributed by atoms with E-state index in [-0.39, 0.29) is 18.8 Å². The highest BCUT2D eigenvalue weighted by atomic mass is 16.6. The van der Waals surface area contributed by atoms with Crippen LogP contribution in [-0.4, -0.2) is 30.0 Å². The van der Waals surface area contributed by atoms with Crippen LogP contribution >= 0.6 is 0 Å². The van der Waals surface area contributed by atoms with Crippen LogP contribution in [0.4, 0.5) is 4.79 Å². The molecule has 0 saturated heterocycles. The van der Waals surface area contributed by atoms with E-state index in [0.717, 1.165) is 32.1 Å². The van der Waals surface area contributed by atoms with Crippen molar-refractivity contribution in [3.8, 4) is 0 Å². The Labute approximate surface area is 91.0 Å². The molecule has 1 fully saturated rings. The maximum atomic E-state index is 11.4. The van der Waals surface area contributed by atoms with Gasteiger partial charge in [0.2, 0.25) is 0 Å². The number of hydrogen-bond acceptors (Lipinski definition) is 3. The van der Waals surface area contributed by atoms with Crippen LogP contribution < -0.4 is 5.32 Å². The fourth-order valence-electron chi connectivity index (χ4n) is 2.11. The highest BCUT2D eigenvalue weighted by Crippen LogP contribution is 2.34. The van der Waals surface area contributed by atoms with Crippen LogP contribution in [0, 0.1) is 0 Å². The first kappa shape index (κ1) is 12.3. The molecule has 0 aromatic rings. The summed E-state index contributed by atoms with van der Waals surface area (Å²) >= 11 is 0. The quantitative estimate of drug-likeness (QED) is 0.752. The summed E-state index contributed by atoms with van der Waals surface area (Å²) < 4.78 is 5.47. The van der Waals surface area contributed by atoms with Gasteiger partial charge in [-0.3, -0.25) is 0 Å². The van der Waals surface area contributed by atoms with Crippen molar-refractivity contribution < 1.29 is 14.6 Å². The topological polar surface area (TPSA) is 58.6 Å². The molecule has 0 aromatic heterocycles. The number of carbonyl (C=O) groups excluding carboxylic acids is 1. The minimum Gasteiger partial charge on any atom is -0.443 e. The van der Waals surface area contributed by atoms with E-state index in [9.17, 15) is 4.79 Å². The minimum atomic E-state index is -0.396. The maximum absolute atomic E-state index is 11.4. The number of hydrogen-bond donors (Lipinski definition) is 2. The van der Waals surface area contributed by atoms with Crippen molar-refractivity contribution in [2.75, 3.05) is 13.2 Å². The lowest BCUT2D eigenvalue weighted by Crippen LogP contribution is -2.41. The molecule has 2 N–H and O–H groups in total. The van der Waals surface area contributed by atoms with Crippen LogP contribution in [-0.2, 0) is 4.74 Å². The number of aliphatic hydroxyl groups is 1. The smallest absolute Gasteiger partial charge is 0.407 e. The third kappa shape index (κ3) is 3.70. The number of amides is 1. The summed E-state index contributed by atoms with van der Waals surface area (Å²) in [6, 6.07) is 0. The van der Waals surface area contributed by atoms with Gasteiger partial charge in [-0.15, -0.1) is 0 Å². The fourth-order valence-corrected chi connectivity index (χ4v) is 2.11. The SMILES string of the molecule is CCC1(OC(=O)NCCO)CCCCC1. The summed E-state index contributed by atoms with van der Waals surface area (Å²) in [7, 11) is 0. The molecule has 1 saturated carbocycles. The van der Waals surface area contributed by atoms with E-state index >= 15 is 0 Å². The molecular formula is C11H21NO3. The van der Waals surface area contributed by atoms with Crippen molar-refractivity contribution in [2.45, 2.75) is 51.0 Å². The summed E-state index contributed by atoms with van der Waals surface area (Å²) in [5.74, 6) is 0. The van der Waals surface area contributed by atoms with Crippen LogP contribution in [0.2, 0.25) is 0 Å². The largest absolute Gasteiger partial charge is 0.443 e. The van der Waals surface area contributed by atoms with Crippen molar-refractivity contribution in [1.82, 2.24) is 5.32 Å². The monoisotopic (exact) mass is 215 g/mol. The standard InChI is InChI=1S/C11H21NO3/c1-2-11(6-4-3-5-7-11)15-10(14)12-8-9-13/h13H,2-9H2,1H3,(H,12,14). The molecule has 88 valence electrons. The molecule has 0 heterocycles. The number of carbonyl (C=O) groups is 1. The van der Waals surface area contributed by atoms with Crippen molar-refractivity contribution >= 4 is 6.09 Å². The molecular weight excluding hydrogens is 194 g/mol. The van der Waals surface area contributed by atoms with E-state index in [1.54, 1.807) is 0 Å². The molecule has 0 spiro atoms. The Bertz CT molecular complexity index is 200. The van der Waals surface area contributed by atoms with Gasteiger partial charge in [-0.25, -0.2) is 4.79 Å². The molecule has 0 aliphatic heterocycles. The van der Waals surface area contributed by atoms with Gasteiger partial charge in [0.25, 0.3) is 0 Å². The average molecular weight is 215 g/mol. The Kier molecular flexibility index (Phi) is 4.88. The summed E-state index contributed by atoms with van der Waals surface area (Å²) in [6.45, 7) is 2.28. The predicted octanol–water partition coefficient (Wildman–Crippen LogP) is 1.82. The normalized spacial score (nSPS) is 19.6. The van der Waals surface area contributed by atoms with Crippen LogP contribution in [0.15, 0.2) is 0 Å². The second kappa shape index (κ2) is 5.95. The predicted molar refractivity (Wildman–Crippen MR) is 57.7 cm³/mol. The average Bonchev–Trinajstić information content (AvgIpc) is 2.27. The lowest BCUT2D eigenvalue weighted by molar-refractivity contribution is -0.0197. The Hall–Kier alpha value is -0.770. The van der Waals surface area contributed by atoms with Crippen molar-refractivity contribution in [1.29, 1.82) is 0 Å². The zero-order chi connectivity index (χ0) is 11.1. The van der Waals surface area contributed by atoms with Crippen molar-refractivity contribution in [3.63, 3.8) is 0 Å². The summed E-state index contributed by atoms with van der Waals surface area (Å²) in [4.78, 5) is 11.4. The van der Waals surface area contributed by atoms with Gasteiger partial charge in [0.15, 0.2) is 0 Å². The zero-order valence-electron chi connectivity index (χ0n) is 9.42. The third-order valence-corrected chi connectivity index (χ3v) is 3.10. The lowest BCUT2D eigenvalue weighted by Gasteiger charge is -2.35. The highest BCUT2D eigenvalue weighted by Gasteiger charge is 2.33. The molecule has 0 unspecified atom stereocenters. The first-order chi connectivity index (χ1) is 7.22. The fraction of sp³-hybridized carbons (Fsp3) is 0.909. The molecule has 1 amide bonds. The van der Waals surface area contributed by atoms with Gasteiger partial charge in [0, 0.05) is 6.54 Å². The van der Waals surface area contributed by atoms with E-state index in [0.29, 0.717) is 0 Å². The van der Waals surface area contributed by atoms with Gasteiger partial charge >= 0.3 is 6.09 Å². The highest BCUT2D eigenvalue weighted by molar-refractivity contribution is 5.67. The number of ether oxygens (including phenoxy) is 1. The Morgan fingerprint density at radius 2 is 2.07 bits per heavy atom. The molecule has 1 aliphatic rings. The Morgan fingerprint density at radius 1 is 1.40 bits per heavy atom. The maximum Gasteiger partial charge on any atom is 0.407 e. The number of rotatable bonds is 4. The van der Waals surface area contributed by atoms with E-state index in [1.165, 1.54) is 6.42 Å². The van der Waals surface area contributed by atoms with Crippen LogP contribution in [0.5, 0.6) is 0 Å². The van der Waals surface area contributed by atoms with Crippen molar-refractivity contribution in [2.24, 2.45) is 0 Å². The number of alkyl carbamates (subject to hydrolysis) is 1. The lowest BCUT2D eigenvalue weighted by atomic mass is 9.83. The molecule has 0 radical (unpaired) electrons. The molecule has 1 rings (SSSR count). The second-order valence-corrected chi connectivity index (χ2v) is 4.14. The zero-order valence-corrected chi connectivity index (χ0v) is 9.42. The first-order valence-electron chi connectivity index (χ1n) is 5.80. The van der Waals surface area contributed by atoms with Gasteiger partial charge in [-0.1, -0.05) is 13.3 Å². The van der Waals surface area contributed by atoms with Gasteiger partial charge in [-0.05, 0) is 32.1 Å². The molecule has 0 bridgehead atoms. The molecule has 0 aromatic carbocycles. The van der Waals surface area contributed by atoms with Gasteiger partial charge < -0.3 is 15.2 Å². The third-order valence-electron chi connectivity index (χ3n) is 3.10. The van der Waals surface area contributed by atoms with E-state index in [2.05, 4.69) is 12.2 Å². The van der Waals surface area contributed by atoms with E-state index < -0.39 is 6.09 Å². The Morgan fingerprint density at radius 3 is 2.60 bits per heavy atom. The summed E-state index contributed by atoms with van der Waals surface area (Å²) in [5.41, 5.74) is -0.252. The molecule has 15 heavy (non-hydrogen) atoms. The van der Waals surface area contributed by atoms with Crippen LogP contribution in [0.1, 0.15) is 45.4 Å². The van der Waals surface area contributed by atoms with E-state index in [4.69, 9.17) is 9.84 Å². The first-order valence-corrected chi connectivity index (χ1v) is 5.80. The van der Waals surface area contributed by atoms with Gasteiger partial charge in [-0.2, -0.15) is 0 Å². The summed E-state index contributed by atoms with van der Waals surface area (Å²) in [6.07, 6.45) is 5.94. The molecule has 4 heteroatoms. The molecule has 1 aliphatic carbocycles. The summed E-state index contributed by atoms with van der Waals surface area (Å²) in [5, 5.41) is 11.1. The van der Waals surface area contributed by atoms with Crippen LogP contribution in [0.3, 0.4) is 0 Å². The minimum absolute atomic E-state index is 0.0474. The van der Waals surface area contributed by atoms with Crippen molar-refractivity contribution in [3.05, 3.63) is 0 Å². The molecule has 0 atom stereocenters. The number of aliphatic hydroxyl groups excluding tert-OH is 1. The van der Waals surface area contributed by atoms with Gasteiger partial charge in [0.1, 0.15) is 5.60 Å².